The molecular weight excluding hydrogens is 484 g/mol. The zero-order valence-electron chi connectivity index (χ0n) is 21.7. The van der Waals surface area contributed by atoms with E-state index in [1.54, 1.807) is 21.3 Å². The lowest BCUT2D eigenvalue weighted by atomic mass is 10.2. The first kappa shape index (κ1) is 33.2. The Morgan fingerprint density at radius 3 is 2.09 bits per heavy atom. The highest BCUT2D eigenvalue weighted by molar-refractivity contribution is 7.85. The number of nitrogens with zero attached hydrogens (tertiary/aromatic N) is 1. The van der Waals surface area contributed by atoms with E-state index in [0.29, 0.717) is 50.1 Å². The smallest absolute Gasteiger partial charge is 0.449 e. The molecule has 0 aromatic carbocycles. The molecule has 0 atom stereocenters. The molecule has 0 aromatic rings. The first-order chi connectivity index (χ1) is 16.0. The molecule has 0 bridgehead atoms. The van der Waals surface area contributed by atoms with E-state index >= 15 is 0 Å². The third kappa shape index (κ3) is 18.5. The standard InChI is InChI=1S/C21H46N2O9SSi/c1-23(2,14-7-9-19-33(25,26)27)15-12-18-32-21(24)22-13-11-17-31-16-8-6-10-20-34(28-3,29-4)30-5/h6-20H2,1-5H3,(H-,22,24,25,26,27)/p+1. The molecule has 0 spiro atoms. The highest BCUT2D eigenvalue weighted by atomic mass is 32.2. The number of alkyl carbamates (subject to hydrolysis) is 1. The Bertz CT molecular complexity index is 623. The van der Waals surface area contributed by atoms with E-state index in [0.717, 1.165) is 44.8 Å². The van der Waals surface area contributed by atoms with E-state index in [9.17, 15) is 13.2 Å². The molecule has 1 amide bonds. The molecule has 0 saturated carbocycles. The van der Waals surface area contributed by atoms with Crippen LogP contribution in [0.2, 0.25) is 6.04 Å². The van der Waals surface area contributed by atoms with Gasteiger partial charge in [0.1, 0.15) is 0 Å². The highest BCUT2D eigenvalue weighted by Gasteiger charge is 2.36. The number of hydrogen-bond donors (Lipinski definition) is 2. The average molecular weight is 532 g/mol. The van der Waals surface area contributed by atoms with Crippen LogP contribution in [0.4, 0.5) is 4.79 Å². The molecule has 2 N–H and O–H groups in total. The zero-order chi connectivity index (χ0) is 25.9. The van der Waals surface area contributed by atoms with Crippen LogP contribution in [0.5, 0.6) is 0 Å². The van der Waals surface area contributed by atoms with Crippen LogP contribution in [0.1, 0.15) is 44.9 Å². The van der Waals surface area contributed by atoms with E-state index in [1.165, 1.54) is 0 Å². The van der Waals surface area contributed by atoms with Crippen molar-refractivity contribution in [2.75, 3.05) is 80.6 Å². The Morgan fingerprint density at radius 2 is 1.47 bits per heavy atom. The Labute approximate surface area is 207 Å². The summed E-state index contributed by atoms with van der Waals surface area (Å²) in [7, 11) is 2.59. The fraction of sp³-hybridized carbons (Fsp3) is 0.952. The molecule has 0 fully saturated rings. The lowest BCUT2D eigenvalue weighted by Gasteiger charge is -2.29. The number of rotatable bonds is 22. The van der Waals surface area contributed by atoms with Gasteiger partial charge in [-0.25, -0.2) is 4.79 Å². The van der Waals surface area contributed by atoms with Crippen molar-refractivity contribution < 1.29 is 45.0 Å². The van der Waals surface area contributed by atoms with Gasteiger partial charge in [0.05, 0.1) is 39.5 Å². The summed E-state index contributed by atoms with van der Waals surface area (Å²) in [4.78, 5) is 11.7. The molecule has 0 aliphatic heterocycles. The minimum Gasteiger partial charge on any atom is -0.449 e. The minimum absolute atomic E-state index is 0.207. The normalized spacial score (nSPS) is 12.6. The summed E-state index contributed by atoms with van der Waals surface area (Å²) in [6.07, 6.45) is 5.06. The number of hydrogen-bond acceptors (Lipinski definition) is 8. The van der Waals surface area contributed by atoms with E-state index in [4.69, 9.17) is 27.3 Å². The maximum absolute atomic E-state index is 11.7. The van der Waals surface area contributed by atoms with Crippen molar-refractivity contribution in [2.45, 2.75) is 51.0 Å². The molecule has 13 heteroatoms. The van der Waals surface area contributed by atoms with Crippen LogP contribution in [-0.4, -0.2) is 113 Å². The van der Waals surface area contributed by atoms with Gasteiger partial charge in [-0.3, -0.25) is 4.55 Å². The molecule has 11 nitrogen and oxygen atoms in total. The van der Waals surface area contributed by atoms with Crippen LogP contribution in [0.15, 0.2) is 0 Å². The second kappa shape index (κ2) is 18.5. The van der Waals surface area contributed by atoms with Crippen molar-refractivity contribution in [2.24, 2.45) is 0 Å². The monoisotopic (exact) mass is 531 g/mol. The van der Waals surface area contributed by atoms with Crippen LogP contribution in [0.25, 0.3) is 0 Å². The molecule has 0 aliphatic rings. The van der Waals surface area contributed by atoms with Gasteiger partial charge in [0.25, 0.3) is 10.1 Å². The van der Waals surface area contributed by atoms with Gasteiger partial charge < -0.3 is 32.6 Å². The molecule has 204 valence electrons. The quantitative estimate of drug-likeness (QED) is 0.0935. The summed E-state index contributed by atoms with van der Waals surface area (Å²) in [5, 5.41) is 2.72. The number of quaternary nitrogens is 1. The average Bonchev–Trinajstić information content (AvgIpc) is 2.78. The number of unbranched alkanes of at least 4 members (excludes halogenated alkanes) is 3. The molecule has 34 heavy (non-hydrogen) atoms. The van der Waals surface area contributed by atoms with Crippen molar-refractivity contribution >= 4 is 25.0 Å². The van der Waals surface area contributed by atoms with Gasteiger partial charge >= 0.3 is 14.9 Å². The van der Waals surface area contributed by atoms with Crippen molar-refractivity contribution in [1.29, 1.82) is 0 Å². The second-order valence-electron chi connectivity index (χ2n) is 8.86. The van der Waals surface area contributed by atoms with Crippen LogP contribution < -0.4 is 5.32 Å². The summed E-state index contributed by atoms with van der Waals surface area (Å²) in [5.74, 6) is -0.207. The summed E-state index contributed by atoms with van der Waals surface area (Å²) in [6.45, 7) is 3.68. The van der Waals surface area contributed by atoms with Crippen LogP contribution in [0.3, 0.4) is 0 Å². The van der Waals surface area contributed by atoms with E-state index in [-0.39, 0.29) is 5.75 Å². The molecular formula is C21H47N2O9SSi+. The first-order valence-electron chi connectivity index (χ1n) is 11.9. The van der Waals surface area contributed by atoms with E-state index < -0.39 is 25.0 Å². The number of carbonyl (C=O) groups excluding carboxylic acids is 1. The molecule has 0 unspecified atom stereocenters. The van der Waals surface area contributed by atoms with Gasteiger partial charge in [-0.05, 0) is 32.1 Å². The third-order valence-corrected chi connectivity index (χ3v) is 9.13. The topological polar surface area (TPSA) is 130 Å². The first-order valence-corrected chi connectivity index (χ1v) is 15.4. The van der Waals surface area contributed by atoms with Crippen molar-refractivity contribution in [3.8, 4) is 0 Å². The van der Waals surface area contributed by atoms with E-state index in [2.05, 4.69) is 5.32 Å². The number of amides is 1. The number of ether oxygens (including phenoxy) is 2. The molecule has 0 saturated heterocycles. The van der Waals surface area contributed by atoms with Crippen LogP contribution >= 0.6 is 0 Å². The second-order valence-corrected chi connectivity index (χ2v) is 13.5. The Morgan fingerprint density at radius 1 is 0.853 bits per heavy atom. The SMILES string of the molecule is CO[Si](CCCCCOCCCNC(=O)OCCC[N+](C)(C)CCCCS(=O)(=O)O)(OC)OC. The molecule has 0 aliphatic carbocycles. The zero-order valence-corrected chi connectivity index (χ0v) is 23.5. The maximum Gasteiger partial charge on any atom is 0.500 e. The highest BCUT2D eigenvalue weighted by Crippen LogP contribution is 2.17. The van der Waals surface area contributed by atoms with Gasteiger partial charge in [-0.1, -0.05) is 6.42 Å². The van der Waals surface area contributed by atoms with Gasteiger partial charge in [-0.15, -0.1) is 0 Å². The number of nitrogens with one attached hydrogen (secondary N) is 1. The van der Waals surface area contributed by atoms with Crippen molar-refractivity contribution in [1.82, 2.24) is 5.32 Å². The Balaban J connectivity index is 3.61. The van der Waals surface area contributed by atoms with Crippen LogP contribution in [-0.2, 0) is 32.9 Å². The van der Waals surface area contributed by atoms with Gasteiger partial charge in [0.15, 0.2) is 0 Å². The molecule has 0 radical (unpaired) electrons. The minimum atomic E-state index is -3.89. The summed E-state index contributed by atoms with van der Waals surface area (Å²) < 4.78 is 57.9. The van der Waals surface area contributed by atoms with E-state index in [1.807, 2.05) is 14.1 Å². The lowest BCUT2D eigenvalue weighted by molar-refractivity contribution is -0.890. The Hall–Kier alpha value is -0.803. The fourth-order valence-corrected chi connectivity index (χ4v) is 5.75. The van der Waals surface area contributed by atoms with Gasteiger partial charge in [0.2, 0.25) is 0 Å². The summed E-state index contributed by atoms with van der Waals surface area (Å²) in [5.41, 5.74) is 0. The van der Waals surface area contributed by atoms with Crippen LogP contribution in [0, 0.1) is 0 Å². The lowest BCUT2D eigenvalue weighted by Crippen LogP contribution is -2.42. The van der Waals surface area contributed by atoms with Gasteiger partial charge in [-0.2, -0.15) is 8.42 Å². The van der Waals surface area contributed by atoms with Crippen molar-refractivity contribution in [3.63, 3.8) is 0 Å². The summed E-state index contributed by atoms with van der Waals surface area (Å²) >= 11 is 0. The summed E-state index contributed by atoms with van der Waals surface area (Å²) in [6, 6.07) is 0.788. The fourth-order valence-electron chi connectivity index (χ4n) is 3.39. The van der Waals surface area contributed by atoms with Crippen molar-refractivity contribution in [3.05, 3.63) is 0 Å². The predicted octanol–water partition coefficient (Wildman–Crippen LogP) is 2.30. The third-order valence-electron chi connectivity index (χ3n) is 5.50. The Kier molecular flexibility index (Phi) is 18.0. The maximum atomic E-state index is 11.7. The molecule has 0 rings (SSSR count). The molecule has 0 aromatic heterocycles. The van der Waals surface area contributed by atoms with Gasteiger partial charge in [0, 0.05) is 53.6 Å². The largest absolute Gasteiger partial charge is 0.500 e. The number of carbonyl (C=O) groups is 1. The molecule has 0 heterocycles. The predicted molar refractivity (Wildman–Crippen MR) is 132 cm³/mol.